The number of benzene rings is 1. The summed E-state index contributed by atoms with van der Waals surface area (Å²) >= 11 is 0. The van der Waals surface area contributed by atoms with Crippen LogP contribution < -0.4 is 10.2 Å². The summed E-state index contributed by atoms with van der Waals surface area (Å²) in [5.74, 6) is 1.84. The number of piperazine rings is 1. The van der Waals surface area contributed by atoms with Gasteiger partial charge in [0.2, 0.25) is 5.95 Å². The Morgan fingerprint density at radius 3 is 2.65 bits per heavy atom. The van der Waals surface area contributed by atoms with Crippen LogP contribution in [0.15, 0.2) is 30.3 Å². The average Bonchev–Trinajstić information content (AvgIpc) is 2.98. The molecule has 0 atom stereocenters. The molecule has 5 heteroatoms. The molecule has 0 spiro atoms. The molecule has 0 saturated carbocycles. The Labute approximate surface area is 119 Å². The van der Waals surface area contributed by atoms with Gasteiger partial charge in [-0.05, 0) is 18.4 Å². The van der Waals surface area contributed by atoms with Crippen molar-refractivity contribution in [2.75, 3.05) is 31.1 Å². The van der Waals surface area contributed by atoms with E-state index >= 15 is 0 Å². The van der Waals surface area contributed by atoms with Gasteiger partial charge in [0.05, 0.1) is 0 Å². The van der Waals surface area contributed by atoms with Gasteiger partial charge in [-0.25, -0.2) is 0 Å². The zero-order valence-corrected chi connectivity index (χ0v) is 11.7. The number of hydrogen-bond donors (Lipinski definition) is 2. The van der Waals surface area contributed by atoms with Crippen LogP contribution in [0.3, 0.4) is 0 Å². The van der Waals surface area contributed by atoms with Crippen LogP contribution in [0.4, 0.5) is 5.95 Å². The highest BCUT2D eigenvalue weighted by molar-refractivity contribution is 5.29. The van der Waals surface area contributed by atoms with E-state index in [1.54, 1.807) is 0 Å². The first-order valence-corrected chi connectivity index (χ1v) is 7.33. The number of anilines is 1. The van der Waals surface area contributed by atoms with E-state index in [2.05, 4.69) is 55.7 Å². The minimum absolute atomic E-state index is 0.848. The smallest absolute Gasteiger partial charge is 0.244 e. The summed E-state index contributed by atoms with van der Waals surface area (Å²) in [6.07, 6.45) is 3.14. The first kappa shape index (κ1) is 13.1. The number of aromatic nitrogens is 3. The quantitative estimate of drug-likeness (QED) is 0.863. The van der Waals surface area contributed by atoms with Crippen LogP contribution in [0.5, 0.6) is 0 Å². The van der Waals surface area contributed by atoms with Crippen LogP contribution in [0.2, 0.25) is 0 Å². The van der Waals surface area contributed by atoms with Crippen LogP contribution in [0, 0.1) is 0 Å². The van der Waals surface area contributed by atoms with Crippen molar-refractivity contribution in [3.8, 4) is 0 Å². The van der Waals surface area contributed by atoms with Gasteiger partial charge in [0.25, 0.3) is 0 Å². The van der Waals surface area contributed by atoms with E-state index in [-0.39, 0.29) is 0 Å². The summed E-state index contributed by atoms with van der Waals surface area (Å²) in [5.41, 5.74) is 1.38. The second-order valence-electron chi connectivity index (χ2n) is 5.16. The van der Waals surface area contributed by atoms with Gasteiger partial charge in [-0.15, -0.1) is 5.10 Å². The second-order valence-corrected chi connectivity index (χ2v) is 5.16. The molecule has 2 aromatic rings. The third-order valence-electron chi connectivity index (χ3n) is 3.64. The molecule has 106 valence electrons. The van der Waals surface area contributed by atoms with Gasteiger partial charge >= 0.3 is 0 Å². The van der Waals surface area contributed by atoms with Gasteiger partial charge in [-0.1, -0.05) is 30.3 Å². The fraction of sp³-hybridized carbons (Fsp3) is 0.467. The Morgan fingerprint density at radius 1 is 1.05 bits per heavy atom. The van der Waals surface area contributed by atoms with E-state index in [1.165, 1.54) is 5.56 Å². The monoisotopic (exact) mass is 271 g/mol. The molecule has 0 bridgehead atoms. The number of H-pyrrole nitrogens is 1. The lowest BCUT2D eigenvalue weighted by atomic mass is 10.1. The van der Waals surface area contributed by atoms with E-state index in [1.807, 2.05) is 0 Å². The largest absolute Gasteiger partial charge is 0.337 e. The summed E-state index contributed by atoms with van der Waals surface area (Å²) in [6, 6.07) is 10.6. The molecule has 0 radical (unpaired) electrons. The Morgan fingerprint density at radius 2 is 1.85 bits per heavy atom. The molecule has 1 fully saturated rings. The van der Waals surface area contributed by atoms with Crippen molar-refractivity contribution in [1.82, 2.24) is 20.5 Å². The summed E-state index contributed by atoms with van der Waals surface area (Å²) in [4.78, 5) is 6.83. The van der Waals surface area contributed by atoms with Crippen molar-refractivity contribution in [1.29, 1.82) is 0 Å². The Kier molecular flexibility index (Phi) is 4.28. The van der Waals surface area contributed by atoms with E-state index < -0.39 is 0 Å². The lowest BCUT2D eigenvalue weighted by molar-refractivity contribution is 0.580. The van der Waals surface area contributed by atoms with Gasteiger partial charge in [0, 0.05) is 32.6 Å². The fourth-order valence-electron chi connectivity index (χ4n) is 2.51. The zero-order chi connectivity index (χ0) is 13.6. The second kappa shape index (κ2) is 6.52. The van der Waals surface area contributed by atoms with E-state index in [0.717, 1.165) is 57.2 Å². The number of rotatable bonds is 5. The lowest BCUT2D eigenvalue weighted by Gasteiger charge is -2.25. The maximum absolute atomic E-state index is 4.60. The van der Waals surface area contributed by atoms with Crippen molar-refractivity contribution >= 4 is 5.95 Å². The van der Waals surface area contributed by atoms with Crippen LogP contribution in [0.1, 0.15) is 17.8 Å². The minimum atomic E-state index is 0.848. The van der Waals surface area contributed by atoms with Crippen LogP contribution in [-0.2, 0) is 12.8 Å². The summed E-state index contributed by atoms with van der Waals surface area (Å²) < 4.78 is 0. The molecule has 0 unspecified atom stereocenters. The molecule has 3 rings (SSSR count). The highest BCUT2D eigenvalue weighted by Crippen LogP contribution is 2.10. The van der Waals surface area contributed by atoms with E-state index in [4.69, 9.17) is 0 Å². The van der Waals surface area contributed by atoms with Gasteiger partial charge < -0.3 is 10.2 Å². The van der Waals surface area contributed by atoms with Crippen molar-refractivity contribution < 1.29 is 0 Å². The molecule has 5 nitrogen and oxygen atoms in total. The van der Waals surface area contributed by atoms with E-state index in [0.29, 0.717) is 0 Å². The van der Waals surface area contributed by atoms with Crippen LogP contribution in [0.25, 0.3) is 0 Å². The number of nitrogens with one attached hydrogen (secondary N) is 2. The van der Waals surface area contributed by atoms with E-state index in [9.17, 15) is 0 Å². The van der Waals surface area contributed by atoms with Crippen molar-refractivity contribution in [3.05, 3.63) is 41.7 Å². The molecule has 1 saturated heterocycles. The Bertz CT molecular complexity index is 516. The van der Waals surface area contributed by atoms with Gasteiger partial charge in [0.1, 0.15) is 5.82 Å². The summed E-state index contributed by atoms with van der Waals surface area (Å²) in [5, 5.41) is 10.7. The molecule has 1 aliphatic heterocycles. The summed E-state index contributed by atoms with van der Waals surface area (Å²) in [7, 11) is 0. The van der Waals surface area contributed by atoms with Crippen LogP contribution in [-0.4, -0.2) is 41.4 Å². The summed E-state index contributed by atoms with van der Waals surface area (Å²) in [6.45, 7) is 4.00. The van der Waals surface area contributed by atoms with Crippen molar-refractivity contribution in [2.45, 2.75) is 19.3 Å². The molecule has 0 amide bonds. The highest BCUT2D eigenvalue weighted by atomic mass is 15.4. The maximum Gasteiger partial charge on any atom is 0.244 e. The molecule has 20 heavy (non-hydrogen) atoms. The molecule has 1 aromatic heterocycles. The van der Waals surface area contributed by atoms with Gasteiger partial charge in [0.15, 0.2) is 0 Å². The Balaban J connectivity index is 1.50. The fourth-order valence-corrected chi connectivity index (χ4v) is 2.51. The molecule has 2 N–H and O–H groups in total. The normalized spacial score (nSPS) is 15.5. The third kappa shape index (κ3) is 3.36. The van der Waals surface area contributed by atoms with Crippen molar-refractivity contribution in [2.24, 2.45) is 0 Å². The Hall–Kier alpha value is -1.88. The number of hydrogen-bond acceptors (Lipinski definition) is 4. The lowest BCUT2D eigenvalue weighted by Crippen LogP contribution is -2.44. The predicted molar refractivity (Wildman–Crippen MR) is 79.9 cm³/mol. The topological polar surface area (TPSA) is 56.8 Å². The number of nitrogens with zero attached hydrogens (tertiary/aromatic N) is 3. The van der Waals surface area contributed by atoms with Crippen LogP contribution >= 0.6 is 0 Å². The molecular weight excluding hydrogens is 250 g/mol. The first-order chi connectivity index (χ1) is 9.92. The number of aryl methyl sites for hydroxylation is 2. The zero-order valence-electron chi connectivity index (χ0n) is 11.7. The van der Waals surface area contributed by atoms with Crippen molar-refractivity contribution in [3.63, 3.8) is 0 Å². The maximum atomic E-state index is 4.60. The minimum Gasteiger partial charge on any atom is -0.337 e. The van der Waals surface area contributed by atoms with Gasteiger partial charge in [-0.2, -0.15) is 4.98 Å². The third-order valence-corrected chi connectivity index (χ3v) is 3.64. The molecule has 1 aromatic carbocycles. The SMILES string of the molecule is c1ccc(CCCc2nc(N3CCNCC3)n[nH]2)cc1. The standard InChI is InChI=1S/C15H21N5/c1-2-5-13(6-3-1)7-4-8-14-17-15(19-18-14)20-11-9-16-10-12-20/h1-3,5-6,16H,4,7-12H2,(H,17,18,19). The molecule has 1 aliphatic rings. The first-order valence-electron chi connectivity index (χ1n) is 7.33. The molecular formula is C15H21N5. The average molecular weight is 271 g/mol. The molecule has 2 heterocycles. The molecule has 0 aliphatic carbocycles. The predicted octanol–water partition coefficient (Wildman–Crippen LogP) is 1.39. The highest BCUT2D eigenvalue weighted by Gasteiger charge is 2.14. The number of aromatic amines is 1. The van der Waals surface area contributed by atoms with Gasteiger partial charge in [-0.3, -0.25) is 5.10 Å².